The topological polar surface area (TPSA) is 81.6 Å². The zero-order chi connectivity index (χ0) is 11.1. The highest BCUT2D eigenvalue weighted by atomic mass is 16.5. The van der Waals surface area contributed by atoms with Crippen LogP contribution in [0.25, 0.3) is 0 Å². The average Bonchev–Trinajstić information content (AvgIpc) is 2.25. The maximum atomic E-state index is 11.0. The van der Waals surface area contributed by atoms with Crippen molar-refractivity contribution in [3.63, 3.8) is 0 Å². The van der Waals surface area contributed by atoms with Crippen LogP contribution in [0, 0.1) is 5.92 Å². The van der Waals surface area contributed by atoms with Crippen LogP contribution < -0.4 is 11.5 Å². The lowest BCUT2D eigenvalue weighted by Gasteiger charge is -2.30. The molecule has 0 bridgehead atoms. The molecular formula is C10H21N3O2. The van der Waals surface area contributed by atoms with Crippen molar-refractivity contribution in [3.05, 3.63) is 0 Å². The van der Waals surface area contributed by atoms with Gasteiger partial charge in [0.25, 0.3) is 0 Å². The molecule has 1 rings (SSSR count). The zero-order valence-corrected chi connectivity index (χ0v) is 9.15. The van der Waals surface area contributed by atoms with Gasteiger partial charge in [-0.2, -0.15) is 0 Å². The third-order valence-corrected chi connectivity index (χ3v) is 2.72. The van der Waals surface area contributed by atoms with Crippen LogP contribution in [0.5, 0.6) is 0 Å². The van der Waals surface area contributed by atoms with Crippen molar-refractivity contribution >= 4 is 5.91 Å². The maximum absolute atomic E-state index is 11.0. The van der Waals surface area contributed by atoms with Crippen LogP contribution in [0.3, 0.4) is 0 Å². The van der Waals surface area contributed by atoms with E-state index in [2.05, 4.69) is 4.90 Å². The van der Waals surface area contributed by atoms with Crippen molar-refractivity contribution in [1.29, 1.82) is 0 Å². The van der Waals surface area contributed by atoms with Crippen LogP contribution in [0.15, 0.2) is 0 Å². The summed E-state index contributed by atoms with van der Waals surface area (Å²) in [4.78, 5) is 13.3. The molecule has 0 spiro atoms. The lowest BCUT2D eigenvalue weighted by atomic mass is 9.98. The highest BCUT2D eigenvalue weighted by molar-refractivity contribution is 5.76. The molecule has 4 N–H and O–H groups in total. The predicted octanol–water partition coefficient (Wildman–Crippen LogP) is -0.841. The van der Waals surface area contributed by atoms with E-state index in [0.29, 0.717) is 19.8 Å². The van der Waals surface area contributed by atoms with Crippen LogP contribution in [0.2, 0.25) is 0 Å². The van der Waals surface area contributed by atoms with E-state index < -0.39 is 0 Å². The second-order valence-electron chi connectivity index (χ2n) is 3.94. The summed E-state index contributed by atoms with van der Waals surface area (Å²) in [6.45, 7) is 4.53. The summed E-state index contributed by atoms with van der Waals surface area (Å²) in [6.07, 6.45) is 1.97. The van der Waals surface area contributed by atoms with Crippen molar-refractivity contribution in [1.82, 2.24) is 4.90 Å². The smallest absolute Gasteiger partial charge is 0.221 e. The number of ether oxygens (including phenoxy) is 1. The number of hydrogen-bond acceptors (Lipinski definition) is 4. The maximum Gasteiger partial charge on any atom is 0.221 e. The predicted molar refractivity (Wildman–Crippen MR) is 58.2 cm³/mol. The number of amides is 1. The molecule has 1 heterocycles. The first-order chi connectivity index (χ1) is 7.24. The Hall–Kier alpha value is -0.650. The minimum atomic E-state index is -0.178. The van der Waals surface area contributed by atoms with E-state index in [1.165, 1.54) is 0 Å². The molecule has 1 saturated heterocycles. The highest BCUT2D eigenvalue weighted by Crippen LogP contribution is 2.15. The Labute approximate surface area is 90.7 Å². The number of nitrogens with zero attached hydrogens (tertiary/aromatic N) is 1. The molecule has 1 unspecified atom stereocenters. The van der Waals surface area contributed by atoms with Gasteiger partial charge in [-0.15, -0.1) is 0 Å². The Morgan fingerprint density at radius 3 is 2.93 bits per heavy atom. The summed E-state index contributed by atoms with van der Waals surface area (Å²) < 4.78 is 5.30. The molecule has 1 fully saturated rings. The standard InChI is InChI=1S/C10H21N3O2/c11-3-6-15-7-5-13-4-1-2-9(8-13)10(12)14/h9H,1-8,11H2,(H2,12,14). The fourth-order valence-corrected chi connectivity index (χ4v) is 1.87. The van der Waals surface area contributed by atoms with Gasteiger partial charge < -0.3 is 21.1 Å². The van der Waals surface area contributed by atoms with Gasteiger partial charge in [-0.05, 0) is 19.4 Å². The van der Waals surface area contributed by atoms with Crippen molar-refractivity contribution in [2.24, 2.45) is 17.4 Å². The highest BCUT2D eigenvalue weighted by Gasteiger charge is 2.23. The fourth-order valence-electron chi connectivity index (χ4n) is 1.87. The molecule has 0 saturated carbocycles. The monoisotopic (exact) mass is 215 g/mol. The number of nitrogens with two attached hydrogens (primary N) is 2. The Morgan fingerprint density at radius 1 is 1.47 bits per heavy atom. The molecule has 0 radical (unpaired) electrons. The van der Waals surface area contributed by atoms with Gasteiger partial charge in [-0.1, -0.05) is 0 Å². The molecule has 1 amide bonds. The summed E-state index contributed by atoms with van der Waals surface area (Å²) in [5.74, 6) is -0.157. The van der Waals surface area contributed by atoms with Crippen molar-refractivity contribution in [2.75, 3.05) is 39.4 Å². The van der Waals surface area contributed by atoms with Crippen molar-refractivity contribution < 1.29 is 9.53 Å². The van der Waals surface area contributed by atoms with Gasteiger partial charge in [0.15, 0.2) is 0 Å². The normalized spacial score (nSPS) is 22.9. The number of primary amides is 1. The summed E-state index contributed by atoms with van der Waals surface area (Å²) in [6, 6.07) is 0. The number of hydrogen-bond donors (Lipinski definition) is 2. The van der Waals surface area contributed by atoms with Gasteiger partial charge in [0.05, 0.1) is 19.1 Å². The lowest BCUT2D eigenvalue weighted by Crippen LogP contribution is -2.42. The Morgan fingerprint density at radius 2 is 2.27 bits per heavy atom. The number of carbonyl (C=O) groups excluding carboxylic acids is 1. The molecule has 1 aliphatic heterocycles. The molecule has 1 atom stereocenters. The second-order valence-corrected chi connectivity index (χ2v) is 3.94. The molecule has 15 heavy (non-hydrogen) atoms. The minimum Gasteiger partial charge on any atom is -0.379 e. The molecule has 5 nitrogen and oxygen atoms in total. The molecule has 0 aromatic carbocycles. The third kappa shape index (κ3) is 4.59. The van der Waals surface area contributed by atoms with E-state index in [1.807, 2.05) is 0 Å². The van der Waals surface area contributed by atoms with Crippen LogP contribution in [-0.2, 0) is 9.53 Å². The van der Waals surface area contributed by atoms with E-state index in [0.717, 1.165) is 32.5 Å². The van der Waals surface area contributed by atoms with Gasteiger partial charge in [0.1, 0.15) is 0 Å². The average molecular weight is 215 g/mol. The van der Waals surface area contributed by atoms with Crippen molar-refractivity contribution in [3.8, 4) is 0 Å². The summed E-state index contributed by atoms with van der Waals surface area (Å²) in [7, 11) is 0. The first-order valence-electron chi connectivity index (χ1n) is 5.53. The van der Waals surface area contributed by atoms with Gasteiger partial charge in [0, 0.05) is 19.6 Å². The third-order valence-electron chi connectivity index (χ3n) is 2.72. The van der Waals surface area contributed by atoms with E-state index in [-0.39, 0.29) is 11.8 Å². The number of carbonyl (C=O) groups is 1. The van der Waals surface area contributed by atoms with Crippen LogP contribution in [0.1, 0.15) is 12.8 Å². The molecule has 1 aliphatic rings. The van der Waals surface area contributed by atoms with Crippen molar-refractivity contribution in [2.45, 2.75) is 12.8 Å². The summed E-state index contributed by atoms with van der Waals surface area (Å²) in [5, 5.41) is 0. The molecule has 5 heteroatoms. The number of rotatable bonds is 6. The molecular weight excluding hydrogens is 194 g/mol. The first-order valence-corrected chi connectivity index (χ1v) is 5.53. The van der Waals surface area contributed by atoms with Gasteiger partial charge >= 0.3 is 0 Å². The van der Waals surface area contributed by atoms with E-state index in [9.17, 15) is 4.79 Å². The molecule has 88 valence electrons. The van der Waals surface area contributed by atoms with E-state index in [4.69, 9.17) is 16.2 Å². The molecule has 0 aromatic rings. The molecule has 0 aromatic heterocycles. The van der Waals surface area contributed by atoms with Gasteiger partial charge in [-0.3, -0.25) is 4.79 Å². The minimum absolute atomic E-state index is 0.0215. The SMILES string of the molecule is NCCOCCN1CCCC(C(N)=O)C1. The van der Waals surface area contributed by atoms with Crippen LogP contribution in [-0.4, -0.2) is 50.2 Å². The van der Waals surface area contributed by atoms with Gasteiger partial charge in [0.2, 0.25) is 5.91 Å². The second kappa shape index (κ2) is 6.76. The first kappa shape index (κ1) is 12.4. The van der Waals surface area contributed by atoms with E-state index >= 15 is 0 Å². The Kier molecular flexibility index (Phi) is 5.60. The zero-order valence-electron chi connectivity index (χ0n) is 9.15. The summed E-state index contributed by atoms with van der Waals surface area (Å²) >= 11 is 0. The number of piperidine rings is 1. The largest absolute Gasteiger partial charge is 0.379 e. The quantitative estimate of drug-likeness (QED) is 0.566. The number of likely N-dealkylation sites (tertiary alicyclic amines) is 1. The summed E-state index contributed by atoms with van der Waals surface area (Å²) in [5.41, 5.74) is 10.6. The van der Waals surface area contributed by atoms with E-state index in [1.54, 1.807) is 0 Å². The Bertz CT molecular complexity index is 199. The van der Waals surface area contributed by atoms with Crippen LogP contribution in [0.4, 0.5) is 0 Å². The van der Waals surface area contributed by atoms with Crippen LogP contribution >= 0.6 is 0 Å². The fraction of sp³-hybridized carbons (Fsp3) is 0.900. The molecule has 0 aliphatic carbocycles. The lowest BCUT2D eigenvalue weighted by molar-refractivity contribution is -0.123. The Balaban J connectivity index is 2.15. The van der Waals surface area contributed by atoms with Gasteiger partial charge in [-0.25, -0.2) is 0 Å².